The van der Waals surface area contributed by atoms with Crippen molar-refractivity contribution in [1.29, 1.82) is 0 Å². The molecule has 3 rings (SSSR count). The molecular formula is C12H12N6O4S. The number of H-pyrrole nitrogens is 2. The van der Waals surface area contributed by atoms with E-state index in [0.29, 0.717) is 11.0 Å². The lowest BCUT2D eigenvalue weighted by atomic mass is 10.3. The van der Waals surface area contributed by atoms with Gasteiger partial charge in [-0.05, 0) is 25.1 Å². The molecule has 0 aliphatic rings. The normalized spacial score (nSPS) is 11.5. The van der Waals surface area contributed by atoms with Gasteiger partial charge in [-0.3, -0.25) is 9.82 Å². The maximum absolute atomic E-state index is 12.4. The molecule has 2 heterocycles. The van der Waals surface area contributed by atoms with E-state index < -0.39 is 16.0 Å². The monoisotopic (exact) mass is 336 g/mol. The first kappa shape index (κ1) is 15.0. The van der Waals surface area contributed by atoms with Gasteiger partial charge in [-0.1, -0.05) is 0 Å². The van der Waals surface area contributed by atoms with Gasteiger partial charge in [0.15, 0.2) is 5.03 Å². The fourth-order valence-electron chi connectivity index (χ4n) is 1.94. The van der Waals surface area contributed by atoms with Crippen LogP contribution in [0.25, 0.3) is 11.0 Å². The molecule has 2 aromatic heterocycles. The van der Waals surface area contributed by atoms with E-state index in [2.05, 4.69) is 30.3 Å². The minimum atomic E-state index is -4.04. The highest BCUT2D eigenvalue weighted by Crippen LogP contribution is 2.20. The summed E-state index contributed by atoms with van der Waals surface area (Å²) in [6, 6.07) is 4.65. The molecule has 3 aromatic rings. The molecule has 3 N–H and O–H groups in total. The Labute approximate surface area is 130 Å². The van der Waals surface area contributed by atoms with Gasteiger partial charge in [0.1, 0.15) is 16.6 Å². The Balaban J connectivity index is 1.92. The average Bonchev–Trinajstić information content (AvgIpc) is 3.16. The van der Waals surface area contributed by atoms with E-state index in [-0.39, 0.29) is 22.9 Å². The molecule has 0 bridgehead atoms. The number of hydrogen-bond donors (Lipinski definition) is 3. The predicted molar refractivity (Wildman–Crippen MR) is 79.2 cm³/mol. The molecule has 120 valence electrons. The Kier molecular flexibility index (Phi) is 3.70. The van der Waals surface area contributed by atoms with Gasteiger partial charge in [0.05, 0.1) is 18.5 Å². The number of nitrogens with one attached hydrogen (secondary N) is 3. The van der Waals surface area contributed by atoms with Crippen molar-refractivity contribution in [3.8, 4) is 0 Å². The number of benzene rings is 1. The van der Waals surface area contributed by atoms with Gasteiger partial charge in [0.25, 0.3) is 10.0 Å². The van der Waals surface area contributed by atoms with Crippen molar-refractivity contribution >= 4 is 32.7 Å². The smallest absolute Gasteiger partial charge is 0.342 e. The molecule has 0 saturated carbocycles. The van der Waals surface area contributed by atoms with Crippen molar-refractivity contribution < 1.29 is 17.9 Å². The van der Waals surface area contributed by atoms with Gasteiger partial charge < -0.3 is 4.74 Å². The molecule has 23 heavy (non-hydrogen) atoms. The lowest BCUT2D eigenvalue weighted by molar-refractivity contribution is 0.0522. The second-order valence-corrected chi connectivity index (χ2v) is 6.09. The predicted octanol–water partition coefficient (Wildman–Crippen LogP) is 0.658. The van der Waals surface area contributed by atoms with Crippen LogP contribution in [0, 0.1) is 0 Å². The highest BCUT2D eigenvalue weighted by Gasteiger charge is 2.26. The van der Waals surface area contributed by atoms with E-state index in [1.54, 1.807) is 13.0 Å². The first-order valence-electron chi connectivity index (χ1n) is 6.55. The van der Waals surface area contributed by atoms with Gasteiger partial charge >= 0.3 is 5.97 Å². The number of sulfonamides is 1. The Morgan fingerprint density at radius 2 is 2.09 bits per heavy atom. The Bertz CT molecular complexity index is 961. The number of rotatable bonds is 5. The molecule has 0 spiro atoms. The first-order valence-corrected chi connectivity index (χ1v) is 8.03. The fraction of sp³-hybridized carbons (Fsp3) is 0.167. The summed E-state index contributed by atoms with van der Waals surface area (Å²) in [5, 5.41) is 15.7. The molecule has 0 radical (unpaired) electrons. The number of ether oxygens (including phenoxy) is 1. The lowest BCUT2D eigenvalue weighted by Crippen LogP contribution is -2.17. The fourth-order valence-corrected chi connectivity index (χ4v) is 3.08. The molecule has 0 saturated heterocycles. The molecule has 1 aromatic carbocycles. The number of aromatic nitrogens is 5. The minimum absolute atomic E-state index is 0.125. The highest BCUT2D eigenvalue weighted by atomic mass is 32.2. The van der Waals surface area contributed by atoms with Crippen LogP contribution in [-0.4, -0.2) is 46.6 Å². The van der Waals surface area contributed by atoms with Crippen LogP contribution in [0.4, 0.5) is 5.69 Å². The summed E-state index contributed by atoms with van der Waals surface area (Å²) in [7, 11) is -4.04. The van der Waals surface area contributed by atoms with E-state index in [9.17, 15) is 13.2 Å². The molecule has 0 amide bonds. The largest absolute Gasteiger partial charge is 0.462 e. The summed E-state index contributed by atoms with van der Waals surface area (Å²) in [5.41, 5.74) is 1.21. The zero-order chi connectivity index (χ0) is 16.4. The van der Waals surface area contributed by atoms with Gasteiger partial charge in [-0.25, -0.2) is 4.79 Å². The van der Waals surface area contributed by atoms with Crippen molar-refractivity contribution in [1.82, 2.24) is 25.6 Å². The third-order valence-electron chi connectivity index (χ3n) is 2.94. The Hall–Kier alpha value is -2.95. The molecule has 0 atom stereocenters. The second-order valence-electron chi connectivity index (χ2n) is 4.47. The van der Waals surface area contributed by atoms with Gasteiger partial charge in [-0.2, -0.15) is 28.9 Å². The van der Waals surface area contributed by atoms with Gasteiger partial charge in [0, 0.05) is 0 Å². The van der Waals surface area contributed by atoms with E-state index in [0.717, 1.165) is 6.20 Å². The third kappa shape index (κ3) is 2.85. The number of aromatic amines is 2. The van der Waals surface area contributed by atoms with Crippen LogP contribution in [0.15, 0.2) is 29.4 Å². The Morgan fingerprint density at radius 1 is 1.30 bits per heavy atom. The van der Waals surface area contributed by atoms with E-state index in [1.807, 2.05) is 0 Å². The summed E-state index contributed by atoms with van der Waals surface area (Å²) in [5.74, 6) is -0.770. The topological polar surface area (TPSA) is 143 Å². The highest BCUT2D eigenvalue weighted by molar-refractivity contribution is 7.92. The number of esters is 1. The molecule has 0 unspecified atom stereocenters. The number of carbonyl (C=O) groups is 1. The molecule has 10 nitrogen and oxygen atoms in total. The van der Waals surface area contributed by atoms with Crippen LogP contribution in [0.2, 0.25) is 0 Å². The van der Waals surface area contributed by atoms with Crippen LogP contribution in [0.3, 0.4) is 0 Å². The van der Waals surface area contributed by atoms with Crippen molar-refractivity contribution in [2.75, 3.05) is 11.3 Å². The maximum Gasteiger partial charge on any atom is 0.342 e. The standard InChI is InChI=1S/C12H12N6O4S/c1-2-22-12(19)8-6-13-16-11(8)23(20,21)17-7-3-4-9-10(5-7)15-18-14-9/h3-6,17H,2H2,1H3,(H,13,16)(H,14,15,18). The van der Waals surface area contributed by atoms with Crippen LogP contribution < -0.4 is 4.72 Å². The zero-order valence-electron chi connectivity index (χ0n) is 11.9. The van der Waals surface area contributed by atoms with Crippen molar-refractivity contribution in [2.45, 2.75) is 11.9 Å². The molecule has 0 fully saturated rings. The molecule has 0 aliphatic heterocycles. The number of nitrogens with zero attached hydrogens (tertiary/aromatic N) is 3. The number of carbonyl (C=O) groups excluding carboxylic acids is 1. The second kappa shape index (κ2) is 5.68. The first-order chi connectivity index (χ1) is 11.0. The van der Waals surface area contributed by atoms with E-state index >= 15 is 0 Å². The molecule has 0 aliphatic carbocycles. The summed E-state index contributed by atoms with van der Waals surface area (Å²) in [6.45, 7) is 1.75. The quantitative estimate of drug-likeness (QED) is 0.581. The molecule has 11 heteroatoms. The van der Waals surface area contributed by atoms with Crippen LogP contribution in [0.1, 0.15) is 17.3 Å². The summed E-state index contributed by atoms with van der Waals surface area (Å²) >= 11 is 0. The number of fused-ring (bicyclic) bond motifs is 1. The van der Waals surface area contributed by atoms with Crippen molar-refractivity contribution in [3.05, 3.63) is 30.0 Å². The number of hydrogen-bond acceptors (Lipinski definition) is 7. The SMILES string of the molecule is CCOC(=O)c1cn[nH]c1S(=O)(=O)Nc1ccc2n[nH]nc2c1. The van der Waals surface area contributed by atoms with Gasteiger partial charge in [-0.15, -0.1) is 0 Å². The lowest BCUT2D eigenvalue weighted by Gasteiger charge is -2.07. The van der Waals surface area contributed by atoms with Crippen LogP contribution in [-0.2, 0) is 14.8 Å². The van der Waals surface area contributed by atoms with Gasteiger partial charge in [0.2, 0.25) is 0 Å². The maximum atomic E-state index is 12.4. The van der Waals surface area contributed by atoms with Crippen LogP contribution >= 0.6 is 0 Å². The van der Waals surface area contributed by atoms with Crippen molar-refractivity contribution in [2.24, 2.45) is 0 Å². The van der Waals surface area contributed by atoms with E-state index in [4.69, 9.17) is 4.74 Å². The third-order valence-corrected chi connectivity index (χ3v) is 4.29. The molecular weight excluding hydrogens is 324 g/mol. The van der Waals surface area contributed by atoms with Crippen LogP contribution in [0.5, 0.6) is 0 Å². The average molecular weight is 336 g/mol. The minimum Gasteiger partial charge on any atom is -0.462 e. The van der Waals surface area contributed by atoms with Crippen molar-refractivity contribution in [3.63, 3.8) is 0 Å². The Morgan fingerprint density at radius 3 is 2.87 bits per heavy atom. The zero-order valence-corrected chi connectivity index (χ0v) is 12.7. The number of anilines is 1. The summed E-state index contributed by atoms with van der Waals surface area (Å²) in [4.78, 5) is 11.8. The van der Waals surface area contributed by atoms with E-state index in [1.165, 1.54) is 12.1 Å². The summed E-state index contributed by atoms with van der Waals surface area (Å²) < 4.78 is 32.0. The summed E-state index contributed by atoms with van der Waals surface area (Å²) in [6.07, 6.45) is 1.10.